The number of benzene rings is 1. The minimum Gasteiger partial charge on any atom is -0.691 e. The Kier molecular flexibility index (Phi) is 6.76. The van der Waals surface area contributed by atoms with E-state index in [9.17, 15) is 5.21 Å². The lowest BCUT2D eigenvalue weighted by molar-refractivity contribution is -0.461. The Hall–Kier alpha value is -0.140. The van der Waals surface area contributed by atoms with Crippen LogP contribution in [0.1, 0.15) is 25.8 Å². The first kappa shape index (κ1) is 16.9. The molecule has 0 atom stereocenters. The zero-order valence-corrected chi connectivity index (χ0v) is 15.6. The van der Waals surface area contributed by atoms with Crippen molar-refractivity contribution < 1.29 is 4.86 Å². The molecule has 0 unspecified atom stereocenters. The first-order valence-electron chi connectivity index (χ1n) is 5.99. The fraction of sp³-hybridized carbons (Fsp3) is 0.500. The second-order valence-electron chi connectivity index (χ2n) is 3.95. The van der Waals surface area contributed by atoms with Gasteiger partial charge in [0, 0.05) is 0 Å². The van der Waals surface area contributed by atoms with Crippen LogP contribution in [0.2, 0.25) is 0 Å². The molecule has 0 aliphatic rings. The SMILES string of the molecule is CCCN(CC)N=[N+]([O-])c1ccc(C(Br)(Br)Br)cc1. The average molecular weight is 458 g/mol. The molecule has 4 nitrogen and oxygen atoms in total. The topological polar surface area (TPSA) is 41.7 Å². The largest absolute Gasteiger partial charge is 0.691 e. The van der Waals surface area contributed by atoms with Gasteiger partial charge in [-0.05, 0) is 31.0 Å². The van der Waals surface area contributed by atoms with Crippen LogP contribution < -0.4 is 0 Å². The number of hydrogen-bond donors (Lipinski definition) is 0. The fourth-order valence-electron chi connectivity index (χ4n) is 1.47. The third-order valence-corrected chi connectivity index (χ3v) is 3.84. The van der Waals surface area contributed by atoms with E-state index in [4.69, 9.17) is 0 Å². The Morgan fingerprint density at radius 1 is 1.21 bits per heavy atom. The predicted octanol–water partition coefficient (Wildman–Crippen LogP) is 5.22. The van der Waals surface area contributed by atoms with Gasteiger partial charge in [-0.25, -0.2) is 0 Å². The van der Waals surface area contributed by atoms with E-state index in [1.54, 1.807) is 17.1 Å². The maximum absolute atomic E-state index is 11.9. The molecule has 0 aliphatic heterocycles. The molecule has 106 valence electrons. The molecule has 0 radical (unpaired) electrons. The van der Waals surface area contributed by atoms with Gasteiger partial charge in [0.15, 0.2) is 7.83 Å². The van der Waals surface area contributed by atoms with Gasteiger partial charge in [-0.2, -0.15) is 5.01 Å². The van der Waals surface area contributed by atoms with Gasteiger partial charge in [-0.15, -0.1) is 4.86 Å². The minimum absolute atomic E-state index is 0.464. The quantitative estimate of drug-likeness (QED) is 0.263. The van der Waals surface area contributed by atoms with Crippen molar-refractivity contribution in [3.05, 3.63) is 35.0 Å². The molecule has 0 amide bonds. The van der Waals surface area contributed by atoms with E-state index < -0.39 is 2.14 Å². The minimum atomic E-state index is -0.464. The Morgan fingerprint density at radius 2 is 1.79 bits per heavy atom. The molecule has 0 spiro atoms. The lowest BCUT2D eigenvalue weighted by atomic mass is 10.2. The Balaban J connectivity index is 2.88. The molecule has 0 bridgehead atoms. The molecular formula is C12H16Br3N3O. The summed E-state index contributed by atoms with van der Waals surface area (Å²) in [6, 6.07) is 7.18. The molecule has 0 fully saturated rings. The van der Waals surface area contributed by atoms with Crippen LogP contribution in [0, 0.1) is 5.21 Å². The highest BCUT2D eigenvalue weighted by atomic mass is 80.0. The standard InChI is InChI=1S/C12H16Br3N3O/c1-3-9-17(4-2)16-18(19)11-7-5-10(6-8-11)12(13,14)15/h5-8H,3-4,9H2,1-2H3. The molecular weight excluding hydrogens is 442 g/mol. The second kappa shape index (κ2) is 7.59. The van der Waals surface area contributed by atoms with Gasteiger partial charge in [-0.1, -0.05) is 66.8 Å². The van der Waals surface area contributed by atoms with Gasteiger partial charge in [0.05, 0.1) is 5.22 Å². The van der Waals surface area contributed by atoms with Crippen molar-refractivity contribution in [1.29, 1.82) is 0 Å². The lowest BCUT2D eigenvalue weighted by Crippen LogP contribution is -2.19. The van der Waals surface area contributed by atoms with Crippen LogP contribution >= 0.6 is 47.8 Å². The van der Waals surface area contributed by atoms with Crippen LogP contribution in [0.15, 0.2) is 29.5 Å². The summed E-state index contributed by atoms with van der Waals surface area (Å²) in [5.74, 6) is 0. The summed E-state index contributed by atoms with van der Waals surface area (Å²) in [7, 11) is 0. The van der Waals surface area contributed by atoms with Gasteiger partial charge in [0.1, 0.15) is 13.1 Å². The Morgan fingerprint density at radius 3 is 2.21 bits per heavy atom. The smallest absolute Gasteiger partial charge is 0.159 e. The molecule has 0 saturated carbocycles. The van der Waals surface area contributed by atoms with E-state index in [0.717, 1.165) is 25.1 Å². The first-order chi connectivity index (χ1) is 8.88. The third kappa shape index (κ3) is 5.39. The van der Waals surface area contributed by atoms with Crippen LogP contribution in [0.5, 0.6) is 0 Å². The molecule has 0 N–H and O–H groups in total. The first-order valence-corrected chi connectivity index (χ1v) is 8.37. The van der Waals surface area contributed by atoms with Crippen molar-refractivity contribution >= 4 is 53.5 Å². The molecule has 7 heteroatoms. The van der Waals surface area contributed by atoms with Crippen molar-refractivity contribution in [3.63, 3.8) is 0 Å². The summed E-state index contributed by atoms with van der Waals surface area (Å²) in [5.41, 5.74) is 1.47. The lowest BCUT2D eigenvalue weighted by Gasteiger charge is -2.14. The van der Waals surface area contributed by atoms with E-state index in [2.05, 4.69) is 59.9 Å². The number of halogens is 3. The predicted molar refractivity (Wildman–Crippen MR) is 88.2 cm³/mol. The van der Waals surface area contributed by atoms with Crippen LogP contribution in [-0.2, 0) is 2.14 Å². The highest BCUT2D eigenvalue weighted by molar-refractivity contribution is 9.38. The van der Waals surface area contributed by atoms with E-state index >= 15 is 0 Å². The Bertz CT molecular complexity index is 429. The fourth-order valence-corrected chi connectivity index (χ4v) is 2.26. The van der Waals surface area contributed by atoms with Gasteiger partial charge < -0.3 is 5.21 Å². The summed E-state index contributed by atoms with van der Waals surface area (Å²) in [6.45, 7) is 5.53. The van der Waals surface area contributed by atoms with E-state index in [-0.39, 0.29) is 0 Å². The molecule has 19 heavy (non-hydrogen) atoms. The Labute approximate surface area is 138 Å². The van der Waals surface area contributed by atoms with Crippen LogP contribution in [-0.4, -0.2) is 23.0 Å². The summed E-state index contributed by atoms with van der Waals surface area (Å²) < 4.78 is -0.464. The van der Waals surface area contributed by atoms with Gasteiger partial charge in [-0.3, -0.25) is 0 Å². The van der Waals surface area contributed by atoms with E-state index in [0.29, 0.717) is 10.5 Å². The summed E-state index contributed by atoms with van der Waals surface area (Å²) in [4.78, 5) is 0.654. The number of alkyl halides is 3. The van der Waals surface area contributed by atoms with Crippen molar-refractivity contribution in [2.75, 3.05) is 13.1 Å². The molecule has 1 aromatic carbocycles. The second-order valence-corrected chi connectivity index (χ2v) is 10.7. The van der Waals surface area contributed by atoms with Crippen molar-refractivity contribution in [2.24, 2.45) is 5.22 Å². The van der Waals surface area contributed by atoms with E-state index in [1.807, 2.05) is 19.1 Å². The highest BCUT2D eigenvalue weighted by Gasteiger charge is 2.20. The maximum Gasteiger partial charge on any atom is 0.159 e. The number of hydrogen-bond acceptors (Lipinski definition) is 2. The number of nitrogens with zero attached hydrogens (tertiary/aromatic N) is 3. The van der Waals surface area contributed by atoms with Crippen LogP contribution in [0.4, 0.5) is 5.69 Å². The summed E-state index contributed by atoms with van der Waals surface area (Å²) in [6.07, 6.45) is 0.962. The van der Waals surface area contributed by atoms with Crippen molar-refractivity contribution in [3.8, 4) is 0 Å². The van der Waals surface area contributed by atoms with E-state index in [1.165, 1.54) is 0 Å². The molecule has 1 aromatic rings. The normalized spacial score (nSPS) is 12.6. The molecule has 0 aliphatic carbocycles. The summed E-state index contributed by atoms with van der Waals surface area (Å²) >= 11 is 10.3. The molecule has 0 saturated heterocycles. The molecule has 1 rings (SSSR count). The monoisotopic (exact) mass is 455 g/mol. The maximum atomic E-state index is 11.9. The third-order valence-electron chi connectivity index (χ3n) is 2.47. The molecule has 0 aromatic heterocycles. The van der Waals surface area contributed by atoms with Crippen molar-refractivity contribution in [1.82, 2.24) is 5.01 Å². The average Bonchev–Trinajstić information content (AvgIpc) is 2.37. The zero-order valence-electron chi connectivity index (χ0n) is 10.8. The number of rotatable bonds is 5. The highest BCUT2D eigenvalue weighted by Crippen LogP contribution is 2.44. The van der Waals surface area contributed by atoms with Gasteiger partial charge >= 0.3 is 0 Å². The zero-order chi connectivity index (χ0) is 14.5. The van der Waals surface area contributed by atoms with Crippen LogP contribution in [0.25, 0.3) is 0 Å². The van der Waals surface area contributed by atoms with Gasteiger partial charge in [0.2, 0.25) is 0 Å². The van der Waals surface area contributed by atoms with Crippen LogP contribution in [0.3, 0.4) is 0 Å². The molecule has 0 heterocycles. The van der Waals surface area contributed by atoms with Gasteiger partial charge in [0.25, 0.3) is 0 Å². The summed E-state index contributed by atoms with van der Waals surface area (Å²) in [5, 5.41) is 17.7. The van der Waals surface area contributed by atoms with Crippen molar-refractivity contribution in [2.45, 2.75) is 22.4 Å².